The standard InChI is InChI=1S/C44H36Cl2N8O6/c1-19-15-47-39-33(55)11-31-37(35(19)39)23(13-45)17-53(31)43(59)29-9-21-7-25(3-5-27(21)51-29)49-41(57)42(58)50-26-4-6-28-22(8-26)10-30(52-28)44(60)54-18-24(14-46)38-32(54)12-34(56)40-36(38)20(2)16-48-40/h3-12,15-16,23-24,47-48,51-52,55-56H,13-14,17-18H2,1-2H3,(H,49,57)(H,50,58)/t23-,24+. The van der Waals surface area contributed by atoms with E-state index in [0.29, 0.717) is 91.8 Å². The maximum absolute atomic E-state index is 13.9. The molecule has 0 aliphatic carbocycles. The highest BCUT2D eigenvalue weighted by molar-refractivity contribution is 6.43. The lowest BCUT2D eigenvalue weighted by atomic mass is 9.97. The molecule has 2 aliphatic rings. The lowest BCUT2D eigenvalue weighted by molar-refractivity contribution is -0.132. The summed E-state index contributed by atoms with van der Waals surface area (Å²) in [4.78, 5) is 69.8. The minimum atomic E-state index is -0.908. The zero-order valence-electron chi connectivity index (χ0n) is 32.1. The Morgan fingerprint density at radius 3 is 1.47 bits per heavy atom. The van der Waals surface area contributed by atoms with Crippen LogP contribution in [-0.2, 0) is 9.59 Å². The Labute approximate surface area is 350 Å². The van der Waals surface area contributed by atoms with Crippen molar-refractivity contribution in [3.8, 4) is 11.5 Å². The van der Waals surface area contributed by atoms with Crippen LogP contribution in [0.5, 0.6) is 11.5 Å². The molecule has 6 heterocycles. The van der Waals surface area contributed by atoms with E-state index in [1.54, 1.807) is 70.5 Å². The number of phenols is 2. The van der Waals surface area contributed by atoms with E-state index < -0.39 is 11.8 Å². The molecule has 10 rings (SSSR count). The average Bonchev–Trinajstić information content (AvgIpc) is 4.10. The van der Waals surface area contributed by atoms with Gasteiger partial charge < -0.3 is 50.6 Å². The number of H-pyrrole nitrogens is 4. The van der Waals surface area contributed by atoms with Crippen LogP contribution in [0.2, 0.25) is 0 Å². The molecule has 2 atom stereocenters. The summed E-state index contributed by atoms with van der Waals surface area (Å²) in [5.74, 6) is -2.01. The molecule has 0 bridgehead atoms. The maximum atomic E-state index is 13.9. The van der Waals surface area contributed by atoms with E-state index >= 15 is 0 Å². The summed E-state index contributed by atoms with van der Waals surface area (Å²) in [5.41, 5.74) is 8.73. The first-order chi connectivity index (χ1) is 28.9. The van der Waals surface area contributed by atoms with Crippen LogP contribution < -0.4 is 20.4 Å². The number of amides is 4. The number of aromatic nitrogens is 4. The van der Waals surface area contributed by atoms with Gasteiger partial charge in [0.15, 0.2) is 0 Å². The van der Waals surface area contributed by atoms with Crippen molar-refractivity contribution in [2.24, 2.45) is 0 Å². The van der Waals surface area contributed by atoms with Crippen molar-refractivity contribution in [3.05, 3.63) is 107 Å². The number of benzene rings is 4. The molecule has 4 aromatic heterocycles. The van der Waals surface area contributed by atoms with Gasteiger partial charge in [-0.3, -0.25) is 19.2 Å². The third kappa shape index (κ3) is 5.77. The monoisotopic (exact) mass is 842 g/mol. The Hall–Kier alpha value is -6.90. The van der Waals surface area contributed by atoms with Crippen molar-refractivity contribution in [2.75, 3.05) is 45.3 Å². The molecule has 2 aliphatic heterocycles. The van der Waals surface area contributed by atoms with Gasteiger partial charge in [0.25, 0.3) is 11.8 Å². The Morgan fingerprint density at radius 1 is 0.650 bits per heavy atom. The molecule has 8 N–H and O–H groups in total. The number of carbonyl (C=O) groups excluding carboxylic acids is 4. The molecule has 8 aromatic rings. The van der Waals surface area contributed by atoms with Crippen molar-refractivity contribution >= 4 is 113 Å². The number of fused-ring (bicyclic) bond motifs is 8. The predicted molar refractivity (Wildman–Crippen MR) is 234 cm³/mol. The van der Waals surface area contributed by atoms with Crippen LogP contribution in [0.4, 0.5) is 22.7 Å². The Balaban J connectivity index is 0.834. The topological polar surface area (TPSA) is 202 Å². The minimum Gasteiger partial charge on any atom is -0.506 e. The number of hydrogen-bond donors (Lipinski definition) is 8. The molecule has 0 spiro atoms. The van der Waals surface area contributed by atoms with E-state index in [4.69, 9.17) is 23.2 Å². The number of carbonyl (C=O) groups is 4. The smallest absolute Gasteiger partial charge is 0.314 e. The molecule has 60 heavy (non-hydrogen) atoms. The Kier molecular flexibility index (Phi) is 8.63. The molecule has 302 valence electrons. The van der Waals surface area contributed by atoms with Gasteiger partial charge in [-0.2, -0.15) is 0 Å². The van der Waals surface area contributed by atoms with Crippen molar-refractivity contribution in [1.29, 1.82) is 0 Å². The molecule has 0 radical (unpaired) electrons. The van der Waals surface area contributed by atoms with Gasteiger partial charge >= 0.3 is 11.8 Å². The molecular formula is C44H36Cl2N8O6. The van der Waals surface area contributed by atoms with Crippen LogP contribution >= 0.6 is 23.2 Å². The van der Waals surface area contributed by atoms with E-state index in [0.717, 1.165) is 33.0 Å². The normalized spacial score (nSPS) is 16.0. The molecule has 0 saturated carbocycles. The van der Waals surface area contributed by atoms with Crippen LogP contribution in [-0.4, -0.2) is 78.6 Å². The number of aryl methyl sites for hydroxylation is 2. The Morgan fingerprint density at radius 2 is 1.07 bits per heavy atom. The molecule has 0 saturated heterocycles. The summed E-state index contributed by atoms with van der Waals surface area (Å²) in [7, 11) is 0. The van der Waals surface area contributed by atoms with Gasteiger partial charge in [-0.25, -0.2) is 0 Å². The van der Waals surface area contributed by atoms with E-state index in [1.807, 2.05) is 26.2 Å². The first kappa shape index (κ1) is 37.4. The SMILES string of the molecule is Cc1c[nH]c2c(O)cc3c(c12)[C@H](CCl)CN3C(=O)c1cc2cc(NC(=O)C(=O)Nc3ccc4[nH]c(C(=O)N5C[C@H](CCl)c6c5cc(O)c5[nH]cc(C)c65)cc4c3)ccc2[nH]1. The highest BCUT2D eigenvalue weighted by Crippen LogP contribution is 2.48. The van der Waals surface area contributed by atoms with Crippen molar-refractivity contribution in [2.45, 2.75) is 25.7 Å². The first-order valence-electron chi connectivity index (χ1n) is 19.2. The van der Waals surface area contributed by atoms with E-state index in [-0.39, 0.29) is 35.1 Å². The highest BCUT2D eigenvalue weighted by Gasteiger charge is 2.38. The fourth-order valence-electron chi connectivity index (χ4n) is 9.00. The number of rotatable bonds is 6. The van der Waals surface area contributed by atoms with Gasteiger partial charge in [0.1, 0.15) is 22.9 Å². The zero-order chi connectivity index (χ0) is 41.7. The summed E-state index contributed by atoms with van der Waals surface area (Å²) in [6.45, 7) is 4.57. The van der Waals surface area contributed by atoms with Crippen molar-refractivity contribution < 1.29 is 29.4 Å². The van der Waals surface area contributed by atoms with Crippen LogP contribution in [0.1, 0.15) is 55.1 Å². The second-order valence-corrected chi connectivity index (χ2v) is 16.1. The number of nitrogens with one attached hydrogen (secondary N) is 6. The van der Waals surface area contributed by atoms with Crippen LogP contribution in [0.15, 0.2) is 73.1 Å². The van der Waals surface area contributed by atoms with Crippen LogP contribution in [0.3, 0.4) is 0 Å². The van der Waals surface area contributed by atoms with Crippen molar-refractivity contribution in [3.63, 3.8) is 0 Å². The molecule has 14 nitrogen and oxygen atoms in total. The number of aromatic hydroxyl groups is 2. The first-order valence-corrected chi connectivity index (χ1v) is 20.3. The van der Waals surface area contributed by atoms with E-state index in [2.05, 4.69) is 30.6 Å². The lowest BCUT2D eigenvalue weighted by Gasteiger charge is -2.17. The molecular weight excluding hydrogens is 807 g/mol. The fraction of sp³-hybridized carbons (Fsp3) is 0.182. The molecule has 0 unspecified atom stereocenters. The minimum absolute atomic E-state index is 0.0413. The molecule has 4 aromatic carbocycles. The largest absolute Gasteiger partial charge is 0.506 e. The van der Waals surface area contributed by atoms with Gasteiger partial charge in [-0.15, -0.1) is 23.2 Å². The summed E-state index contributed by atoms with van der Waals surface area (Å²) in [6, 6.07) is 16.5. The van der Waals surface area contributed by atoms with E-state index in [1.165, 1.54) is 0 Å². The fourth-order valence-corrected chi connectivity index (χ4v) is 9.51. The van der Waals surface area contributed by atoms with Crippen molar-refractivity contribution in [1.82, 2.24) is 19.9 Å². The molecule has 0 fully saturated rings. The predicted octanol–water partition coefficient (Wildman–Crippen LogP) is 8.18. The number of anilines is 4. The van der Waals surface area contributed by atoms with Gasteiger partial charge in [0, 0.05) is 105 Å². The second kappa shape index (κ2) is 13.9. The number of alkyl halides is 2. The average molecular weight is 844 g/mol. The van der Waals surface area contributed by atoms with Crippen LogP contribution in [0.25, 0.3) is 43.6 Å². The number of phenolic OH excluding ortho intramolecular Hbond substituents is 2. The number of halogens is 2. The Bertz CT molecular complexity index is 2950. The number of aromatic amines is 4. The highest BCUT2D eigenvalue weighted by atomic mass is 35.5. The zero-order valence-corrected chi connectivity index (χ0v) is 33.6. The van der Waals surface area contributed by atoms with Gasteiger partial charge in [-0.05, 0) is 84.6 Å². The summed E-state index contributed by atoms with van der Waals surface area (Å²) in [5, 5.41) is 29.8. The third-order valence-electron chi connectivity index (χ3n) is 11.8. The number of hydrogen-bond acceptors (Lipinski definition) is 6. The third-order valence-corrected chi connectivity index (χ3v) is 12.5. The van der Waals surface area contributed by atoms with Gasteiger partial charge in [-0.1, -0.05) is 0 Å². The quantitative estimate of drug-likeness (QED) is 0.0612. The molecule has 4 amide bonds. The van der Waals surface area contributed by atoms with Crippen LogP contribution in [0, 0.1) is 13.8 Å². The number of nitrogens with zero attached hydrogens (tertiary/aromatic N) is 2. The summed E-state index contributed by atoms with van der Waals surface area (Å²) >= 11 is 12.8. The van der Waals surface area contributed by atoms with Gasteiger partial charge in [0.05, 0.1) is 22.4 Å². The molecule has 16 heteroatoms. The summed E-state index contributed by atoms with van der Waals surface area (Å²) < 4.78 is 0. The van der Waals surface area contributed by atoms with Gasteiger partial charge in [0.2, 0.25) is 0 Å². The maximum Gasteiger partial charge on any atom is 0.314 e. The second-order valence-electron chi connectivity index (χ2n) is 15.5. The lowest BCUT2D eigenvalue weighted by Crippen LogP contribution is -2.30. The van der Waals surface area contributed by atoms with E-state index in [9.17, 15) is 29.4 Å². The summed E-state index contributed by atoms with van der Waals surface area (Å²) in [6.07, 6.45) is 3.64.